The molecule has 3 aromatic carbocycles. The zero-order valence-electron chi connectivity index (χ0n) is 28.8. The van der Waals surface area contributed by atoms with Crippen LogP contribution in [0.3, 0.4) is 0 Å². The lowest BCUT2D eigenvalue weighted by Crippen LogP contribution is -2.49. The second kappa shape index (κ2) is 17.2. The highest BCUT2D eigenvalue weighted by Gasteiger charge is 2.25. The molecule has 1 fully saturated rings. The number of likely N-dealkylation sites (N-methyl/N-ethyl adjacent to an activating group) is 1. The molecule has 4 aromatic rings. The molecule has 1 unspecified atom stereocenters. The summed E-state index contributed by atoms with van der Waals surface area (Å²) in [6.45, 7) is 9.85. The van der Waals surface area contributed by atoms with Crippen molar-refractivity contribution in [3.8, 4) is 5.75 Å². The largest absolute Gasteiger partial charge is 0.412 e. The number of nitrogens with one attached hydrogen (secondary N) is 2. The second-order valence-electron chi connectivity index (χ2n) is 12.8. The molecule has 1 saturated heterocycles. The standard InChI is InChI=1S/C38H48N6O4S/c1-28(40-38(45)48-33-12-8-11-32-36(33)29(27-39-32)15-17-42(2)3)16-23-46-25-26-47-24-22-43-18-20-44(21-19-43)37-30-9-4-6-13-34(30)49-35-14-7-5-10-31(35)41-37/h4-14,27-28,39H,15-26H2,1-3H3,(H,40,45). The predicted octanol–water partition coefficient (Wildman–Crippen LogP) is 6.03. The van der Waals surface area contributed by atoms with E-state index in [0.29, 0.717) is 38.6 Å². The van der Waals surface area contributed by atoms with Crippen LogP contribution < -0.4 is 10.1 Å². The summed E-state index contributed by atoms with van der Waals surface area (Å²) in [5, 5.41) is 3.89. The van der Waals surface area contributed by atoms with Gasteiger partial charge in [-0.2, -0.15) is 0 Å². The minimum Gasteiger partial charge on any atom is -0.410 e. The third-order valence-corrected chi connectivity index (χ3v) is 10.0. The van der Waals surface area contributed by atoms with Crippen molar-refractivity contribution in [2.45, 2.75) is 35.6 Å². The molecule has 2 N–H and O–H groups in total. The highest BCUT2D eigenvalue weighted by atomic mass is 32.2. The minimum atomic E-state index is -0.458. The van der Waals surface area contributed by atoms with E-state index in [1.807, 2.05) is 31.3 Å². The van der Waals surface area contributed by atoms with Gasteiger partial charge in [0.2, 0.25) is 0 Å². The van der Waals surface area contributed by atoms with Crippen molar-refractivity contribution in [3.05, 3.63) is 84.1 Å². The number of aromatic nitrogens is 1. The van der Waals surface area contributed by atoms with Crippen LogP contribution in [0, 0.1) is 0 Å². The van der Waals surface area contributed by atoms with Crippen molar-refractivity contribution in [3.63, 3.8) is 0 Å². The van der Waals surface area contributed by atoms with E-state index in [2.05, 4.69) is 87.6 Å². The van der Waals surface area contributed by atoms with Gasteiger partial charge in [0.1, 0.15) is 11.6 Å². The summed E-state index contributed by atoms with van der Waals surface area (Å²) in [5.74, 6) is 1.64. The van der Waals surface area contributed by atoms with Crippen LogP contribution in [-0.4, -0.2) is 117 Å². The number of fused-ring (bicyclic) bond motifs is 3. The Labute approximate surface area is 293 Å². The summed E-state index contributed by atoms with van der Waals surface area (Å²) >= 11 is 1.80. The van der Waals surface area contributed by atoms with E-state index in [9.17, 15) is 4.79 Å². The first-order chi connectivity index (χ1) is 23.9. The van der Waals surface area contributed by atoms with Gasteiger partial charge in [-0.3, -0.25) is 4.90 Å². The molecule has 0 saturated carbocycles. The molecule has 1 amide bonds. The molecule has 10 nitrogen and oxygen atoms in total. The number of nitrogens with zero attached hydrogens (tertiary/aromatic N) is 4. The maximum absolute atomic E-state index is 12.7. The van der Waals surface area contributed by atoms with Gasteiger partial charge in [0, 0.05) is 84.4 Å². The number of aliphatic imine (C=N–C) groups is 1. The first-order valence-corrected chi connectivity index (χ1v) is 18.1. The van der Waals surface area contributed by atoms with E-state index < -0.39 is 6.09 Å². The fraction of sp³-hybridized carbons (Fsp3) is 0.421. The van der Waals surface area contributed by atoms with Crippen LogP contribution in [0.25, 0.3) is 10.9 Å². The van der Waals surface area contributed by atoms with E-state index >= 15 is 0 Å². The molecule has 260 valence electrons. The molecule has 1 atom stereocenters. The van der Waals surface area contributed by atoms with Gasteiger partial charge < -0.3 is 34.3 Å². The molecule has 2 aliphatic heterocycles. The van der Waals surface area contributed by atoms with Crippen molar-refractivity contribution < 1.29 is 19.0 Å². The Morgan fingerprint density at radius 2 is 1.69 bits per heavy atom. The number of para-hydroxylation sites is 1. The Morgan fingerprint density at radius 1 is 0.939 bits per heavy atom. The fourth-order valence-corrected chi connectivity index (χ4v) is 7.14. The Morgan fingerprint density at radius 3 is 2.51 bits per heavy atom. The van der Waals surface area contributed by atoms with Gasteiger partial charge in [0.15, 0.2) is 0 Å². The van der Waals surface area contributed by atoms with Crippen molar-refractivity contribution in [1.82, 2.24) is 25.0 Å². The number of hydrogen-bond donors (Lipinski definition) is 2. The van der Waals surface area contributed by atoms with Crippen molar-refractivity contribution in [1.29, 1.82) is 0 Å². The summed E-state index contributed by atoms with van der Waals surface area (Å²) in [6, 6.07) is 22.6. The van der Waals surface area contributed by atoms with Crippen molar-refractivity contribution in [2.75, 3.05) is 79.8 Å². The Bertz CT molecular complexity index is 1720. The van der Waals surface area contributed by atoms with Crippen LogP contribution in [-0.2, 0) is 15.9 Å². The summed E-state index contributed by atoms with van der Waals surface area (Å²) in [6.07, 6.45) is 3.09. The molecule has 11 heteroatoms. The van der Waals surface area contributed by atoms with E-state index in [1.165, 1.54) is 15.4 Å². The van der Waals surface area contributed by atoms with E-state index in [-0.39, 0.29) is 6.04 Å². The topological polar surface area (TPSA) is 94.7 Å². The number of carbonyl (C=O) groups excluding carboxylic acids is 1. The summed E-state index contributed by atoms with van der Waals surface area (Å²) in [5.41, 5.74) is 4.34. The van der Waals surface area contributed by atoms with Gasteiger partial charge in [-0.25, -0.2) is 9.79 Å². The van der Waals surface area contributed by atoms with Crippen LogP contribution in [0.15, 0.2) is 87.7 Å². The van der Waals surface area contributed by atoms with Crippen LogP contribution in [0.1, 0.15) is 24.5 Å². The number of aromatic amines is 1. The molecular formula is C38H48N6O4S. The van der Waals surface area contributed by atoms with Crippen LogP contribution in [0.2, 0.25) is 0 Å². The molecule has 2 aliphatic rings. The maximum Gasteiger partial charge on any atom is 0.412 e. The van der Waals surface area contributed by atoms with Gasteiger partial charge in [0.25, 0.3) is 0 Å². The second-order valence-corrected chi connectivity index (χ2v) is 13.9. The number of rotatable bonds is 14. The Balaban J connectivity index is 0.849. The molecule has 1 aromatic heterocycles. The normalized spacial score (nSPS) is 15.4. The number of ether oxygens (including phenoxy) is 3. The van der Waals surface area contributed by atoms with Crippen molar-refractivity contribution >= 4 is 40.3 Å². The predicted molar refractivity (Wildman–Crippen MR) is 197 cm³/mol. The lowest BCUT2D eigenvalue weighted by Gasteiger charge is -2.36. The van der Waals surface area contributed by atoms with E-state index in [4.69, 9.17) is 19.2 Å². The van der Waals surface area contributed by atoms with Gasteiger partial charge in [-0.1, -0.05) is 48.2 Å². The third kappa shape index (κ3) is 9.43. The zero-order chi connectivity index (χ0) is 34.0. The Hall–Kier alpha value is -3.87. The number of benzene rings is 3. The molecule has 0 aliphatic carbocycles. The highest BCUT2D eigenvalue weighted by Crippen LogP contribution is 2.40. The molecular weight excluding hydrogens is 637 g/mol. The fourth-order valence-electron chi connectivity index (χ4n) is 6.12. The summed E-state index contributed by atoms with van der Waals surface area (Å²) in [7, 11) is 4.10. The SMILES string of the molecule is CC(CCOCCOCCN1CCN(C2=Nc3ccccc3Sc3ccccc32)CC1)NC(=O)Oc1cccc2[nH]cc(CCN(C)C)c12. The molecule has 49 heavy (non-hydrogen) atoms. The first kappa shape index (κ1) is 35.0. The van der Waals surface area contributed by atoms with E-state index in [0.717, 1.165) is 73.7 Å². The number of amides is 1. The lowest BCUT2D eigenvalue weighted by molar-refractivity contribution is 0.0328. The minimum absolute atomic E-state index is 0.0864. The number of piperazine rings is 1. The molecule has 0 radical (unpaired) electrons. The first-order valence-electron chi connectivity index (χ1n) is 17.2. The quantitative estimate of drug-likeness (QED) is 0.156. The number of hydrogen-bond acceptors (Lipinski definition) is 9. The lowest BCUT2D eigenvalue weighted by atomic mass is 10.1. The monoisotopic (exact) mass is 684 g/mol. The van der Waals surface area contributed by atoms with Crippen LogP contribution in [0.5, 0.6) is 5.75 Å². The summed E-state index contributed by atoms with van der Waals surface area (Å²) in [4.78, 5) is 30.6. The van der Waals surface area contributed by atoms with Crippen LogP contribution in [0.4, 0.5) is 10.5 Å². The van der Waals surface area contributed by atoms with Gasteiger partial charge >= 0.3 is 6.09 Å². The number of amidine groups is 1. The number of carbonyl (C=O) groups is 1. The average molecular weight is 685 g/mol. The third-order valence-electron chi connectivity index (χ3n) is 8.87. The molecule has 0 bridgehead atoms. The summed E-state index contributed by atoms with van der Waals surface area (Å²) < 4.78 is 17.4. The number of H-pyrrole nitrogens is 1. The van der Waals surface area contributed by atoms with E-state index in [1.54, 1.807) is 11.8 Å². The van der Waals surface area contributed by atoms with Gasteiger partial charge in [-0.15, -0.1) is 0 Å². The van der Waals surface area contributed by atoms with Crippen LogP contribution >= 0.6 is 11.8 Å². The highest BCUT2D eigenvalue weighted by molar-refractivity contribution is 7.99. The molecule has 3 heterocycles. The Kier molecular flexibility index (Phi) is 12.3. The average Bonchev–Trinajstić information content (AvgIpc) is 3.44. The van der Waals surface area contributed by atoms with Crippen molar-refractivity contribution in [2.24, 2.45) is 4.99 Å². The molecule has 6 rings (SSSR count). The van der Waals surface area contributed by atoms with Gasteiger partial charge in [-0.05, 0) is 69.8 Å². The maximum atomic E-state index is 12.7. The molecule has 0 spiro atoms. The zero-order valence-corrected chi connectivity index (χ0v) is 29.6. The van der Waals surface area contributed by atoms with Gasteiger partial charge in [0.05, 0.1) is 25.5 Å². The smallest absolute Gasteiger partial charge is 0.410 e.